The number of esters is 1. The van der Waals surface area contributed by atoms with Gasteiger partial charge in [-0.1, -0.05) is 53.2 Å². The maximum Gasteiger partial charge on any atom is 0.315 e. The third-order valence-electron chi connectivity index (χ3n) is 13.8. The van der Waals surface area contributed by atoms with Gasteiger partial charge in [0, 0.05) is 11.8 Å². The number of hydrogen-bond donors (Lipinski definition) is 3. The van der Waals surface area contributed by atoms with E-state index in [-0.39, 0.29) is 46.1 Å². The molecule has 3 N–H and O–H groups in total. The highest BCUT2D eigenvalue weighted by molar-refractivity contribution is 5.82. The fourth-order valence-corrected chi connectivity index (χ4v) is 11.5. The van der Waals surface area contributed by atoms with Crippen molar-refractivity contribution in [2.75, 3.05) is 0 Å². The van der Waals surface area contributed by atoms with Gasteiger partial charge in [0.15, 0.2) is 0 Å². The lowest BCUT2D eigenvalue weighted by atomic mass is 9.33. The Hall–Kier alpha value is -1.40. The number of aliphatic carboxylic acids is 1. The molecule has 11 atom stereocenters. The highest BCUT2D eigenvalue weighted by Crippen LogP contribution is 2.76. The molecule has 1 heterocycles. The number of aliphatic hydroxyl groups excluding tert-OH is 2. The molecule has 6 aliphatic rings. The molecular weight excluding hydrogens is 468 g/mol. The van der Waals surface area contributed by atoms with Crippen LogP contribution in [0.4, 0.5) is 0 Å². The maximum atomic E-state index is 13.5. The second-order valence-electron chi connectivity index (χ2n) is 15.5. The Morgan fingerprint density at radius 1 is 0.973 bits per heavy atom. The minimum atomic E-state index is -0.949. The van der Waals surface area contributed by atoms with Crippen LogP contribution in [0.25, 0.3) is 0 Å². The van der Waals surface area contributed by atoms with Crippen LogP contribution in [0, 0.1) is 50.2 Å². The van der Waals surface area contributed by atoms with Crippen LogP contribution in [0.2, 0.25) is 0 Å². The fraction of sp³-hybridized carbons (Fsp3) is 0.871. The molecule has 0 aromatic rings. The van der Waals surface area contributed by atoms with Gasteiger partial charge in [-0.25, -0.2) is 0 Å². The largest absolute Gasteiger partial charge is 0.481 e. The van der Waals surface area contributed by atoms with Crippen LogP contribution in [-0.2, 0) is 14.3 Å². The van der Waals surface area contributed by atoms with Crippen molar-refractivity contribution < 1.29 is 29.6 Å². The van der Waals surface area contributed by atoms with E-state index < -0.39 is 29.0 Å². The third kappa shape index (κ3) is 2.90. The number of rotatable bonds is 2. The first-order chi connectivity index (χ1) is 17.1. The molecule has 0 radical (unpaired) electrons. The molecule has 1 saturated heterocycles. The molecular formula is C31H46O6. The quantitative estimate of drug-likeness (QED) is 0.349. The maximum absolute atomic E-state index is 13.5. The molecule has 0 aromatic carbocycles. The number of carbonyl (C=O) groups is 2. The Kier molecular flexibility index (Phi) is 5.18. The minimum absolute atomic E-state index is 0.0331. The number of hydrogen-bond acceptors (Lipinski definition) is 5. The number of fused-ring (bicyclic) bond motifs is 7. The summed E-state index contributed by atoms with van der Waals surface area (Å²) in [5.41, 5.74) is -0.665. The first-order valence-electron chi connectivity index (χ1n) is 14.6. The predicted octanol–water partition coefficient (Wildman–Crippen LogP) is 5.11. The third-order valence-corrected chi connectivity index (χ3v) is 13.8. The van der Waals surface area contributed by atoms with Crippen LogP contribution in [0.5, 0.6) is 0 Å². The van der Waals surface area contributed by atoms with Gasteiger partial charge in [0.25, 0.3) is 0 Å². The van der Waals surface area contributed by atoms with Gasteiger partial charge in [-0.15, -0.1) is 0 Å². The van der Waals surface area contributed by atoms with E-state index in [9.17, 15) is 24.9 Å². The van der Waals surface area contributed by atoms with E-state index in [4.69, 9.17) is 4.74 Å². The van der Waals surface area contributed by atoms with Crippen molar-refractivity contribution in [1.82, 2.24) is 0 Å². The summed E-state index contributed by atoms with van der Waals surface area (Å²) in [6.07, 6.45) is 7.26. The van der Waals surface area contributed by atoms with E-state index in [0.717, 1.165) is 32.1 Å². The van der Waals surface area contributed by atoms with Crippen LogP contribution < -0.4 is 0 Å². The number of allylic oxidation sites excluding steroid dienone is 2. The van der Waals surface area contributed by atoms with Gasteiger partial charge in [-0.2, -0.15) is 0 Å². The standard InChI is InChI=1S/C31H46O6/c1-26(2)19-9-12-29(5)20(28(19,4)11-10-21(26)32)8-7-17-18-13-27(3,16-24(34)35)23-15-31(18,25(36)37-23)22(33)14-30(17,29)6/h7,18-23,32-33H,8-16H2,1-6H3,(H,34,35)/t18-,19-,20+,21-,22+,23-,27-,28-,29+,30+,31+/m0/s1. The Morgan fingerprint density at radius 2 is 1.68 bits per heavy atom. The molecule has 5 aliphatic carbocycles. The lowest BCUT2D eigenvalue weighted by Crippen LogP contribution is -2.67. The monoisotopic (exact) mass is 514 g/mol. The normalized spacial score (nSPS) is 55.7. The summed E-state index contributed by atoms with van der Waals surface area (Å²) in [7, 11) is 0. The van der Waals surface area contributed by atoms with Crippen LogP contribution in [0.15, 0.2) is 11.6 Å². The molecule has 6 rings (SSSR count). The highest BCUT2D eigenvalue weighted by Gasteiger charge is 2.74. The van der Waals surface area contributed by atoms with E-state index in [2.05, 4.69) is 40.7 Å². The van der Waals surface area contributed by atoms with Crippen molar-refractivity contribution in [2.24, 2.45) is 50.2 Å². The van der Waals surface area contributed by atoms with Crippen molar-refractivity contribution in [3.05, 3.63) is 11.6 Å². The van der Waals surface area contributed by atoms with E-state index in [1.165, 1.54) is 5.57 Å². The molecule has 2 bridgehead atoms. The van der Waals surface area contributed by atoms with Gasteiger partial charge in [-0.3, -0.25) is 9.59 Å². The zero-order chi connectivity index (χ0) is 27.0. The highest BCUT2D eigenvalue weighted by atomic mass is 16.6. The Bertz CT molecular complexity index is 1080. The van der Waals surface area contributed by atoms with E-state index in [1.807, 2.05) is 6.92 Å². The van der Waals surface area contributed by atoms with Gasteiger partial charge < -0.3 is 20.1 Å². The molecule has 5 fully saturated rings. The van der Waals surface area contributed by atoms with Crippen molar-refractivity contribution in [3.63, 3.8) is 0 Å². The average molecular weight is 515 g/mol. The molecule has 37 heavy (non-hydrogen) atoms. The zero-order valence-electron chi connectivity index (χ0n) is 23.5. The number of carboxylic acid groups (broad SMARTS) is 1. The van der Waals surface area contributed by atoms with Gasteiger partial charge in [0.1, 0.15) is 11.5 Å². The summed E-state index contributed by atoms with van der Waals surface area (Å²) in [6.45, 7) is 13.7. The summed E-state index contributed by atoms with van der Waals surface area (Å²) in [5.74, 6) is -0.505. The Morgan fingerprint density at radius 3 is 2.35 bits per heavy atom. The number of aliphatic hydroxyl groups is 2. The molecule has 6 heteroatoms. The van der Waals surface area contributed by atoms with E-state index in [0.29, 0.717) is 31.1 Å². The summed E-state index contributed by atoms with van der Waals surface area (Å²) >= 11 is 0. The summed E-state index contributed by atoms with van der Waals surface area (Å²) in [4.78, 5) is 25.4. The predicted molar refractivity (Wildman–Crippen MR) is 138 cm³/mol. The summed E-state index contributed by atoms with van der Waals surface area (Å²) in [5, 5.41) is 32.5. The molecule has 1 aliphatic heterocycles. The molecule has 6 nitrogen and oxygen atoms in total. The molecule has 4 saturated carbocycles. The minimum Gasteiger partial charge on any atom is -0.481 e. The first kappa shape index (κ1) is 25.9. The molecule has 206 valence electrons. The topological polar surface area (TPSA) is 104 Å². The van der Waals surface area contributed by atoms with Crippen molar-refractivity contribution in [3.8, 4) is 0 Å². The Balaban J connectivity index is 1.46. The molecule has 0 aromatic heterocycles. The van der Waals surface area contributed by atoms with Crippen molar-refractivity contribution >= 4 is 11.9 Å². The van der Waals surface area contributed by atoms with E-state index in [1.54, 1.807) is 0 Å². The van der Waals surface area contributed by atoms with Gasteiger partial charge in [-0.05, 0) is 84.4 Å². The second kappa shape index (κ2) is 7.41. The molecule has 1 spiro atoms. The lowest BCUT2D eigenvalue weighted by Gasteiger charge is -2.71. The number of carbonyl (C=O) groups excluding carboxylic acids is 1. The molecule has 0 amide bonds. The van der Waals surface area contributed by atoms with Crippen LogP contribution in [0.1, 0.15) is 99.3 Å². The van der Waals surface area contributed by atoms with Crippen molar-refractivity contribution in [2.45, 2.75) is 118 Å². The summed E-state index contributed by atoms with van der Waals surface area (Å²) < 4.78 is 5.88. The summed E-state index contributed by atoms with van der Waals surface area (Å²) in [6, 6.07) is 0. The van der Waals surface area contributed by atoms with Crippen LogP contribution in [0.3, 0.4) is 0 Å². The van der Waals surface area contributed by atoms with Crippen LogP contribution in [-0.4, -0.2) is 45.6 Å². The smallest absolute Gasteiger partial charge is 0.315 e. The van der Waals surface area contributed by atoms with Crippen molar-refractivity contribution in [1.29, 1.82) is 0 Å². The lowest BCUT2D eigenvalue weighted by molar-refractivity contribution is -0.213. The average Bonchev–Trinajstić information content (AvgIpc) is 3.10. The van der Waals surface area contributed by atoms with Gasteiger partial charge in [0.2, 0.25) is 0 Å². The Labute approximate surface area is 221 Å². The van der Waals surface area contributed by atoms with E-state index >= 15 is 0 Å². The zero-order valence-corrected chi connectivity index (χ0v) is 23.5. The first-order valence-corrected chi connectivity index (χ1v) is 14.6. The number of carboxylic acids is 1. The van der Waals surface area contributed by atoms with Gasteiger partial charge >= 0.3 is 11.9 Å². The van der Waals surface area contributed by atoms with Gasteiger partial charge in [0.05, 0.1) is 18.6 Å². The SMILES string of the molecule is CC1(C)[C@@H](O)CC[C@]2(C)[C@H]3CC=C4[C@@H]5C[C@@](C)(CC(=O)O)[C@@H]6C[C@]5(C(=O)O6)[C@H](O)C[C@@]4(C)[C@]3(C)CC[C@@H]12. The number of ether oxygens (including phenoxy) is 1. The fourth-order valence-electron chi connectivity index (χ4n) is 11.5. The van der Waals surface area contributed by atoms with Crippen LogP contribution >= 0.6 is 0 Å². The molecule has 0 unspecified atom stereocenters. The second-order valence-corrected chi connectivity index (χ2v) is 15.5.